The van der Waals surface area contributed by atoms with E-state index in [1.165, 1.54) is 0 Å². The third-order valence-corrected chi connectivity index (χ3v) is 2.29. The highest BCUT2D eigenvalue weighted by molar-refractivity contribution is 6.31. The van der Waals surface area contributed by atoms with Crippen LogP contribution in [0.25, 0.3) is 0 Å². The number of rotatable bonds is 3. The van der Waals surface area contributed by atoms with Crippen molar-refractivity contribution in [1.82, 2.24) is 0 Å². The first-order valence-electron chi connectivity index (χ1n) is 4.24. The number of carboxylic acids is 1. The topological polar surface area (TPSA) is 37.3 Å². The number of halogens is 1. The van der Waals surface area contributed by atoms with E-state index in [1.54, 1.807) is 19.1 Å². The minimum absolute atomic E-state index is 0.338. The number of carboxylic acid groups (broad SMARTS) is 1. The number of hydrogen-bond donors (Lipinski definition) is 1. The number of carbonyl (C=O) groups is 1. The molecule has 1 aromatic rings. The summed E-state index contributed by atoms with van der Waals surface area (Å²) < 4.78 is 0. The van der Waals surface area contributed by atoms with Crippen LogP contribution in [-0.4, -0.2) is 11.1 Å². The maximum atomic E-state index is 10.5. The summed E-state index contributed by atoms with van der Waals surface area (Å²) in [5.41, 5.74) is 1.28. The Morgan fingerprint density at radius 1 is 1.50 bits per heavy atom. The van der Waals surface area contributed by atoms with Crippen LogP contribution in [0.15, 0.2) is 35.9 Å². The average Bonchev–Trinajstić information content (AvgIpc) is 2.16. The molecule has 0 aliphatic rings. The molecule has 3 heteroatoms. The van der Waals surface area contributed by atoms with E-state index in [0.29, 0.717) is 17.0 Å². The Morgan fingerprint density at radius 3 is 2.71 bits per heavy atom. The van der Waals surface area contributed by atoms with E-state index >= 15 is 0 Å². The molecule has 0 radical (unpaired) electrons. The van der Waals surface area contributed by atoms with Gasteiger partial charge >= 0.3 is 5.97 Å². The Labute approximate surface area is 87.8 Å². The molecule has 0 fully saturated rings. The Kier molecular flexibility index (Phi) is 3.72. The Morgan fingerprint density at radius 2 is 2.14 bits per heavy atom. The third kappa shape index (κ3) is 2.89. The van der Waals surface area contributed by atoms with Gasteiger partial charge in [0, 0.05) is 10.6 Å². The summed E-state index contributed by atoms with van der Waals surface area (Å²) in [6.45, 7) is 1.57. The maximum Gasteiger partial charge on any atom is 0.330 e. The molecule has 2 nitrogen and oxygen atoms in total. The van der Waals surface area contributed by atoms with E-state index in [-0.39, 0.29) is 0 Å². The van der Waals surface area contributed by atoms with Gasteiger partial charge in [-0.15, -0.1) is 0 Å². The van der Waals surface area contributed by atoms with Crippen LogP contribution >= 0.6 is 11.6 Å². The normalized spacial score (nSPS) is 11.4. The quantitative estimate of drug-likeness (QED) is 0.779. The molecular formula is C11H11ClO2. The molecule has 0 amide bonds. The van der Waals surface area contributed by atoms with Gasteiger partial charge < -0.3 is 5.11 Å². The molecule has 0 aliphatic heterocycles. The van der Waals surface area contributed by atoms with Crippen molar-refractivity contribution < 1.29 is 9.90 Å². The zero-order valence-electron chi connectivity index (χ0n) is 7.83. The molecule has 0 heterocycles. The maximum absolute atomic E-state index is 10.5. The van der Waals surface area contributed by atoms with Crippen LogP contribution < -0.4 is 0 Å². The summed E-state index contributed by atoms with van der Waals surface area (Å²) in [7, 11) is 0. The number of allylic oxidation sites excluding steroid dienone is 1. The van der Waals surface area contributed by atoms with Crippen molar-refractivity contribution in [3.63, 3.8) is 0 Å². The zero-order chi connectivity index (χ0) is 10.6. The van der Waals surface area contributed by atoms with Gasteiger partial charge in [0.2, 0.25) is 0 Å². The van der Waals surface area contributed by atoms with Gasteiger partial charge in [-0.2, -0.15) is 0 Å². The first-order chi connectivity index (χ1) is 6.61. The molecule has 1 rings (SSSR count). The molecule has 0 aromatic heterocycles. The van der Waals surface area contributed by atoms with Gasteiger partial charge in [0.05, 0.1) is 0 Å². The van der Waals surface area contributed by atoms with E-state index in [0.717, 1.165) is 5.56 Å². The van der Waals surface area contributed by atoms with Crippen LogP contribution in [0.4, 0.5) is 0 Å². The molecule has 0 saturated heterocycles. The van der Waals surface area contributed by atoms with Crippen molar-refractivity contribution in [3.05, 3.63) is 46.5 Å². The monoisotopic (exact) mass is 210 g/mol. The lowest BCUT2D eigenvalue weighted by Gasteiger charge is -1.99. The fourth-order valence-electron chi connectivity index (χ4n) is 1.01. The van der Waals surface area contributed by atoms with Gasteiger partial charge in [-0.25, -0.2) is 4.79 Å². The molecule has 1 N–H and O–H groups in total. The Balaban J connectivity index is 2.76. The minimum Gasteiger partial charge on any atom is -0.478 e. The van der Waals surface area contributed by atoms with Crippen molar-refractivity contribution in [2.24, 2.45) is 0 Å². The van der Waals surface area contributed by atoms with Crippen molar-refractivity contribution in [3.8, 4) is 0 Å². The predicted molar refractivity (Wildman–Crippen MR) is 56.5 cm³/mol. The van der Waals surface area contributed by atoms with Crippen LogP contribution in [0.2, 0.25) is 5.02 Å². The standard InChI is InChI=1S/C11H11ClO2/c1-8(11(13)14)6-7-9-4-2-3-5-10(9)12/h2-6H,7H2,1H3,(H,13,14)/b8-6+. The van der Waals surface area contributed by atoms with Gasteiger partial charge in [0.1, 0.15) is 0 Å². The van der Waals surface area contributed by atoms with E-state index in [2.05, 4.69) is 0 Å². The zero-order valence-corrected chi connectivity index (χ0v) is 8.58. The minimum atomic E-state index is -0.892. The predicted octanol–water partition coefficient (Wildman–Crippen LogP) is 2.91. The molecule has 0 saturated carbocycles. The first-order valence-corrected chi connectivity index (χ1v) is 4.62. The molecule has 74 valence electrons. The summed E-state index contributed by atoms with van der Waals surface area (Å²) in [4.78, 5) is 10.5. The van der Waals surface area contributed by atoms with Gasteiger partial charge in [0.15, 0.2) is 0 Å². The fraction of sp³-hybridized carbons (Fsp3) is 0.182. The lowest BCUT2D eigenvalue weighted by atomic mass is 10.1. The molecule has 0 bridgehead atoms. The summed E-state index contributed by atoms with van der Waals surface area (Å²) in [6, 6.07) is 7.40. The van der Waals surface area contributed by atoms with Crippen molar-refractivity contribution in [2.45, 2.75) is 13.3 Å². The number of aliphatic carboxylic acids is 1. The van der Waals surface area contributed by atoms with E-state index in [9.17, 15) is 4.79 Å². The van der Waals surface area contributed by atoms with E-state index < -0.39 is 5.97 Å². The fourth-order valence-corrected chi connectivity index (χ4v) is 1.23. The summed E-state index contributed by atoms with van der Waals surface area (Å²) in [5.74, 6) is -0.892. The summed E-state index contributed by atoms with van der Waals surface area (Å²) >= 11 is 5.91. The highest BCUT2D eigenvalue weighted by Gasteiger charge is 2.00. The van der Waals surface area contributed by atoms with Gasteiger partial charge in [-0.1, -0.05) is 35.9 Å². The van der Waals surface area contributed by atoms with Crippen LogP contribution in [0, 0.1) is 0 Å². The van der Waals surface area contributed by atoms with Gasteiger partial charge in [0.25, 0.3) is 0 Å². The third-order valence-electron chi connectivity index (χ3n) is 1.92. The molecule has 14 heavy (non-hydrogen) atoms. The highest BCUT2D eigenvalue weighted by atomic mass is 35.5. The summed E-state index contributed by atoms with van der Waals surface area (Å²) in [6.07, 6.45) is 2.21. The molecule has 0 atom stereocenters. The SMILES string of the molecule is C/C(=C\Cc1ccccc1Cl)C(=O)O. The number of benzene rings is 1. The lowest BCUT2D eigenvalue weighted by Crippen LogP contribution is -1.96. The Bertz CT molecular complexity index is 369. The molecule has 0 unspecified atom stereocenters. The van der Waals surface area contributed by atoms with Crippen molar-refractivity contribution in [2.75, 3.05) is 0 Å². The molecule has 1 aromatic carbocycles. The first kappa shape index (κ1) is 10.8. The van der Waals surface area contributed by atoms with E-state index in [1.807, 2.05) is 18.2 Å². The van der Waals surface area contributed by atoms with E-state index in [4.69, 9.17) is 16.7 Å². The van der Waals surface area contributed by atoms with Gasteiger partial charge in [-0.05, 0) is 25.0 Å². The van der Waals surface area contributed by atoms with Crippen molar-refractivity contribution >= 4 is 17.6 Å². The molecular weight excluding hydrogens is 200 g/mol. The smallest absolute Gasteiger partial charge is 0.330 e. The van der Waals surface area contributed by atoms with Crippen LogP contribution in [0.1, 0.15) is 12.5 Å². The molecule has 0 spiro atoms. The lowest BCUT2D eigenvalue weighted by molar-refractivity contribution is -0.132. The molecule has 0 aliphatic carbocycles. The highest BCUT2D eigenvalue weighted by Crippen LogP contribution is 2.16. The Hall–Kier alpha value is -1.28. The largest absolute Gasteiger partial charge is 0.478 e. The second kappa shape index (κ2) is 4.82. The number of hydrogen-bond acceptors (Lipinski definition) is 1. The van der Waals surface area contributed by atoms with Crippen molar-refractivity contribution in [1.29, 1.82) is 0 Å². The van der Waals surface area contributed by atoms with Crippen LogP contribution in [0.3, 0.4) is 0 Å². The van der Waals surface area contributed by atoms with Crippen LogP contribution in [0.5, 0.6) is 0 Å². The van der Waals surface area contributed by atoms with Gasteiger partial charge in [-0.3, -0.25) is 0 Å². The van der Waals surface area contributed by atoms with Crippen LogP contribution in [-0.2, 0) is 11.2 Å². The second-order valence-corrected chi connectivity index (χ2v) is 3.40. The average molecular weight is 211 g/mol. The summed E-state index contributed by atoms with van der Waals surface area (Å²) in [5, 5.41) is 9.30. The second-order valence-electron chi connectivity index (χ2n) is 2.99.